The lowest BCUT2D eigenvalue weighted by molar-refractivity contribution is -0.0979. The molecule has 1 aliphatic rings. The molecule has 0 saturated heterocycles. The van der Waals surface area contributed by atoms with Crippen LogP contribution in [0.15, 0.2) is 18.2 Å². The molecule has 0 N–H and O–H groups in total. The van der Waals surface area contributed by atoms with Crippen molar-refractivity contribution in [3.05, 3.63) is 35.4 Å². The van der Waals surface area contributed by atoms with Crippen LogP contribution in [0.3, 0.4) is 0 Å². The Kier molecular flexibility index (Phi) is 4.99. The molecule has 1 saturated carbocycles. The number of rotatable bonds is 1. The Morgan fingerprint density at radius 1 is 1.14 bits per heavy atom. The second-order valence-corrected chi connectivity index (χ2v) is 2.95. The van der Waals surface area contributed by atoms with Crippen molar-refractivity contribution < 1.29 is 13.6 Å². The largest absolute Gasteiger partial charge is 0.307 e. The summed E-state index contributed by atoms with van der Waals surface area (Å²) in [6, 6.07) is 4.16. The lowest BCUT2D eigenvalue weighted by Crippen LogP contribution is -1.86. The summed E-state index contributed by atoms with van der Waals surface area (Å²) in [4.78, 5) is 8.00. The van der Waals surface area contributed by atoms with E-state index >= 15 is 0 Å². The molecule has 78 valence electrons. The normalized spacial score (nSPS) is 13.6. The number of benzene rings is 1. The van der Waals surface area contributed by atoms with E-state index in [9.17, 15) is 8.78 Å². The molecule has 0 atom stereocenters. The van der Waals surface area contributed by atoms with Crippen molar-refractivity contribution in [3.63, 3.8) is 0 Å². The number of carbonyl (C=O) groups is 1. The molecule has 0 bridgehead atoms. The van der Waals surface area contributed by atoms with Crippen molar-refractivity contribution in [1.29, 1.82) is 0 Å². The van der Waals surface area contributed by atoms with Gasteiger partial charge in [0.2, 0.25) is 0 Å². The molecular weight excluding hydrogens is 186 g/mol. The molecule has 0 aliphatic heterocycles. The van der Waals surface area contributed by atoms with E-state index < -0.39 is 11.6 Å². The van der Waals surface area contributed by atoms with E-state index in [1.54, 1.807) is 6.07 Å². The highest BCUT2D eigenvalue weighted by Crippen LogP contribution is 2.40. The number of halogens is 2. The first-order chi connectivity index (χ1) is 6.27. The van der Waals surface area contributed by atoms with Crippen LogP contribution in [-0.2, 0) is 4.79 Å². The highest BCUT2D eigenvalue weighted by molar-refractivity contribution is 5.24. The zero-order valence-corrected chi connectivity index (χ0v) is 7.09. The van der Waals surface area contributed by atoms with Crippen molar-refractivity contribution in [3.8, 4) is 0 Å². The zero-order valence-electron chi connectivity index (χ0n) is 7.09. The summed E-state index contributed by atoms with van der Waals surface area (Å²) in [5, 5.41) is 0. The fourth-order valence-electron chi connectivity index (χ4n) is 1.18. The van der Waals surface area contributed by atoms with Crippen LogP contribution in [0.2, 0.25) is 0 Å². The summed E-state index contributed by atoms with van der Waals surface area (Å²) in [5.74, 6) is -0.992. The Bertz CT molecular complexity index is 295. The molecular formula is C11H14F2O. The molecule has 3 heteroatoms. The Hall–Kier alpha value is -1.25. The van der Waals surface area contributed by atoms with Crippen LogP contribution in [0.5, 0.6) is 0 Å². The van der Waals surface area contributed by atoms with Crippen molar-refractivity contribution in [2.24, 2.45) is 0 Å². The summed E-state index contributed by atoms with van der Waals surface area (Å²) >= 11 is 0. The van der Waals surface area contributed by atoms with Gasteiger partial charge in [-0.15, -0.1) is 0 Å². The molecule has 1 nitrogen and oxygen atoms in total. The van der Waals surface area contributed by atoms with Gasteiger partial charge in [-0.05, 0) is 36.5 Å². The minimum atomic E-state index is -0.755. The smallest absolute Gasteiger partial charge is 0.159 e. The molecule has 1 aromatic rings. The number of hydrogen-bond donors (Lipinski definition) is 0. The van der Waals surface area contributed by atoms with E-state index in [0.717, 1.165) is 18.4 Å². The molecule has 0 aromatic heterocycles. The predicted octanol–water partition coefficient (Wildman–Crippen LogP) is 3.29. The molecule has 0 unspecified atom stereocenters. The maximum Gasteiger partial charge on any atom is 0.159 e. The fourth-order valence-corrected chi connectivity index (χ4v) is 1.18. The molecule has 0 spiro atoms. The number of hydrogen-bond acceptors (Lipinski definition) is 1. The molecule has 0 heterocycles. The minimum absolute atomic E-state index is 0. The minimum Gasteiger partial charge on any atom is -0.307 e. The lowest BCUT2D eigenvalue weighted by Gasteiger charge is -1.97. The van der Waals surface area contributed by atoms with Crippen LogP contribution < -0.4 is 0 Å². The standard InChI is InChI=1S/C9H8F2.CH2O.CH4/c10-8-4-3-7(5-9(8)11)6-1-2-6;1-2;/h3-6H,1-2H2;1H2;1H4. The van der Waals surface area contributed by atoms with Gasteiger partial charge >= 0.3 is 0 Å². The Balaban J connectivity index is 0.000000531. The van der Waals surface area contributed by atoms with E-state index in [-0.39, 0.29) is 7.43 Å². The lowest BCUT2D eigenvalue weighted by atomic mass is 10.1. The maximum atomic E-state index is 12.6. The SMILES string of the molecule is C.C=O.Fc1ccc(C2CC2)cc1F. The third kappa shape index (κ3) is 2.91. The predicted molar refractivity (Wildman–Crippen MR) is 52.2 cm³/mol. The Labute approximate surface area is 82.8 Å². The van der Waals surface area contributed by atoms with E-state index in [0.29, 0.717) is 5.92 Å². The summed E-state index contributed by atoms with van der Waals surface area (Å²) in [6.07, 6.45) is 2.23. The molecule has 1 aliphatic carbocycles. The van der Waals surface area contributed by atoms with Crippen LogP contribution in [-0.4, -0.2) is 6.79 Å². The van der Waals surface area contributed by atoms with Crippen molar-refractivity contribution in [2.45, 2.75) is 26.2 Å². The van der Waals surface area contributed by atoms with Crippen LogP contribution in [0.1, 0.15) is 31.7 Å². The second-order valence-electron chi connectivity index (χ2n) is 2.95. The first kappa shape index (κ1) is 12.8. The van der Waals surface area contributed by atoms with Crippen molar-refractivity contribution >= 4 is 6.79 Å². The van der Waals surface area contributed by atoms with Gasteiger partial charge in [0, 0.05) is 0 Å². The Morgan fingerprint density at radius 2 is 1.71 bits per heavy atom. The highest BCUT2D eigenvalue weighted by atomic mass is 19.2. The average Bonchev–Trinajstić information content (AvgIpc) is 2.96. The summed E-state index contributed by atoms with van der Waals surface area (Å²) < 4.78 is 25.0. The molecule has 0 amide bonds. The van der Waals surface area contributed by atoms with E-state index in [1.165, 1.54) is 12.1 Å². The van der Waals surface area contributed by atoms with Gasteiger partial charge in [-0.25, -0.2) is 8.78 Å². The zero-order chi connectivity index (χ0) is 9.84. The van der Waals surface area contributed by atoms with Gasteiger partial charge in [-0.1, -0.05) is 13.5 Å². The summed E-state index contributed by atoms with van der Waals surface area (Å²) in [7, 11) is 0. The van der Waals surface area contributed by atoms with Gasteiger partial charge in [0.1, 0.15) is 6.79 Å². The van der Waals surface area contributed by atoms with E-state index in [2.05, 4.69) is 0 Å². The van der Waals surface area contributed by atoms with Crippen molar-refractivity contribution in [1.82, 2.24) is 0 Å². The van der Waals surface area contributed by atoms with Crippen molar-refractivity contribution in [2.75, 3.05) is 0 Å². The molecule has 1 fully saturated rings. The van der Waals surface area contributed by atoms with Gasteiger partial charge in [-0.2, -0.15) is 0 Å². The molecule has 0 radical (unpaired) electrons. The average molecular weight is 200 g/mol. The molecule has 2 rings (SSSR count). The van der Waals surface area contributed by atoms with Crippen LogP contribution in [0.25, 0.3) is 0 Å². The Morgan fingerprint density at radius 3 is 2.14 bits per heavy atom. The first-order valence-corrected chi connectivity index (χ1v) is 4.01. The van der Waals surface area contributed by atoms with Gasteiger partial charge in [-0.3, -0.25) is 0 Å². The maximum absolute atomic E-state index is 12.6. The van der Waals surface area contributed by atoms with Gasteiger partial charge in [0.15, 0.2) is 11.6 Å². The monoisotopic (exact) mass is 200 g/mol. The quantitative estimate of drug-likeness (QED) is 0.679. The van der Waals surface area contributed by atoms with Crippen LogP contribution in [0.4, 0.5) is 8.78 Å². The van der Waals surface area contributed by atoms with Gasteiger partial charge in [0.05, 0.1) is 0 Å². The summed E-state index contributed by atoms with van der Waals surface area (Å²) in [6.45, 7) is 2.00. The highest BCUT2D eigenvalue weighted by Gasteiger charge is 2.24. The second kappa shape index (κ2) is 5.47. The fraction of sp³-hybridized carbons (Fsp3) is 0.364. The summed E-state index contributed by atoms with van der Waals surface area (Å²) in [5.41, 5.74) is 0.934. The first-order valence-electron chi connectivity index (χ1n) is 4.01. The molecule has 14 heavy (non-hydrogen) atoms. The third-order valence-corrected chi connectivity index (χ3v) is 1.99. The van der Waals surface area contributed by atoms with Gasteiger partial charge in [0.25, 0.3) is 0 Å². The van der Waals surface area contributed by atoms with E-state index in [4.69, 9.17) is 4.79 Å². The molecule has 1 aromatic carbocycles. The van der Waals surface area contributed by atoms with E-state index in [1.807, 2.05) is 6.79 Å². The van der Waals surface area contributed by atoms with Crippen LogP contribution >= 0.6 is 0 Å². The number of carbonyl (C=O) groups excluding carboxylic acids is 1. The van der Waals surface area contributed by atoms with Gasteiger partial charge < -0.3 is 4.79 Å². The topological polar surface area (TPSA) is 17.1 Å². The third-order valence-electron chi connectivity index (χ3n) is 1.99. The van der Waals surface area contributed by atoms with Crippen LogP contribution in [0, 0.1) is 11.6 Å².